The van der Waals surface area contributed by atoms with Crippen LogP contribution in [0.25, 0.3) is 10.8 Å². The Bertz CT molecular complexity index is 421. The number of fused-ring (bicyclic) bond motifs is 1. The van der Waals surface area contributed by atoms with Gasteiger partial charge in [-0.2, -0.15) is 0 Å². The average Bonchev–Trinajstić information content (AvgIpc) is 2.17. The summed E-state index contributed by atoms with van der Waals surface area (Å²) in [7, 11) is 0. The standard InChI is InChI=1S/C12H13N.H3N/c1-9(13)11-7-6-10-4-2-3-5-12(10)8-11;/h2-9H,13H2,1H3;1H3. The molecule has 0 aliphatic rings. The van der Waals surface area contributed by atoms with Crippen LogP contribution in [0.2, 0.25) is 0 Å². The zero-order valence-electron chi connectivity index (χ0n) is 8.40. The first kappa shape index (κ1) is 10.7. The molecule has 5 N–H and O–H groups in total. The number of benzene rings is 2. The van der Waals surface area contributed by atoms with E-state index < -0.39 is 0 Å². The van der Waals surface area contributed by atoms with E-state index in [1.54, 1.807) is 0 Å². The van der Waals surface area contributed by atoms with Crippen LogP contribution in [-0.2, 0) is 0 Å². The largest absolute Gasteiger partial charge is 0.344 e. The highest BCUT2D eigenvalue weighted by molar-refractivity contribution is 5.83. The monoisotopic (exact) mass is 188 g/mol. The first-order chi connectivity index (χ1) is 6.27. The summed E-state index contributed by atoms with van der Waals surface area (Å²) < 4.78 is 0. The SMILES string of the molecule is CC(N)c1ccc2ccccc2c1.N. The van der Waals surface area contributed by atoms with Crippen molar-refractivity contribution in [3.63, 3.8) is 0 Å². The molecule has 0 aliphatic heterocycles. The van der Waals surface area contributed by atoms with Crippen LogP contribution in [0.3, 0.4) is 0 Å². The van der Waals surface area contributed by atoms with Gasteiger partial charge in [-0.05, 0) is 29.3 Å². The van der Waals surface area contributed by atoms with Crippen molar-refractivity contribution in [1.82, 2.24) is 6.15 Å². The van der Waals surface area contributed by atoms with Gasteiger partial charge in [0.25, 0.3) is 0 Å². The second-order valence-corrected chi connectivity index (χ2v) is 3.40. The van der Waals surface area contributed by atoms with Gasteiger partial charge in [0.1, 0.15) is 0 Å². The summed E-state index contributed by atoms with van der Waals surface area (Å²) in [6.45, 7) is 2.00. The molecule has 0 saturated carbocycles. The van der Waals surface area contributed by atoms with E-state index in [9.17, 15) is 0 Å². The topological polar surface area (TPSA) is 61.0 Å². The van der Waals surface area contributed by atoms with Crippen molar-refractivity contribution in [2.45, 2.75) is 13.0 Å². The Morgan fingerprint density at radius 3 is 2.29 bits per heavy atom. The average molecular weight is 188 g/mol. The van der Waals surface area contributed by atoms with Crippen LogP contribution in [0.1, 0.15) is 18.5 Å². The number of rotatable bonds is 1. The maximum absolute atomic E-state index is 5.80. The molecular weight excluding hydrogens is 172 g/mol. The van der Waals surface area contributed by atoms with Gasteiger partial charge < -0.3 is 11.9 Å². The number of nitrogens with two attached hydrogens (primary N) is 1. The first-order valence-electron chi connectivity index (χ1n) is 4.51. The summed E-state index contributed by atoms with van der Waals surface area (Å²) >= 11 is 0. The molecule has 2 heteroatoms. The van der Waals surface area contributed by atoms with Crippen LogP contribution >= 0.6 is 0 Å². The molecule has 1 atom stereocenters. The molecule has 2 nitrogen and oxygen atoms in total. The highest BCUT2D eigenvalue weighted by Crippen LogP contribution is 2.18. The summed E-state index contributed by atoms with van der Waals surface area (Å²) in [4.78, 5) is 0. The van der Waals surface area contributed by atoms with Crippen LogP contribution < -0.4 is 11.9 Å². The van der Waals surface area contributed by atoms with Crippen LogP contribution in [0.4, 0.5) is 0 Å². The number of hydrogen-bond acceptors (Lipinski definition) is 2. The lowest BCUT2D eigenvalue weighted by Gasteiger charge is -2.06. The minimum absolute atomic E-state index is 0. The Labute approximate surface area is 84.3 Å². The van der Waals surface area contributed by atoms with Crippen molar-refractivity contribution >= 4 is 10.8 Å². The van der Waals surface area contributed by atoms with Gasteiger partial charge in [0.15, 0.2) is 0 Å². The van der Waals surface area contributed by atoms with Crippen LogP contribution in [0.5, 0.6) is 0 Å². The molecule has 0 fully saturated rings. The summed E-state index contributed by atoms with van der Waals surface area (Å²) in [6.07, 6.45) is 0. The molecule has 0 heterocycles. The van der Waals surface area contributed by atoms with Crippen molar-refractivity contribution in [2.75, 3.05) is 0 Å². The molecule has 2 aromatic carbocycles. The molecule has 0 bridgehead atoms. The maximum atomic E-state index is 5.80. The molecule has 14 heavy (non-hydrogen) atoms. The zero-order chi connectivity index (χ0) is 9.26. The second kappa shape index (κ2) is 4.22. The van der Waals surface area contributed by atoms with Gasteiger partial charge in [-0.1, -0.05) is 36.4 Å². The predicted octanol–water partition coefficient (Wildman–Crippen LogP) is 3.02. The van der Waals surface area contributed by atoms with Crippen molar-refractivity contribution in [3.8, 4) is 0 Å². The molecule has 0 spiro atoms. The predicted molar refractivity (Wildman–Crippen MR) is 61.6 cm³/mol. The Hall–Kier alpha value is -1.38. The fourth-order valence-electron chi connectivity index (χ4n) is 1.49. The van der Waals surface area contributed by atoms with Crippen molar-refractivity contribution in [1.29, 1.82) is 0 Å². The molecule has 2 rings (SSSR count). The van der Waals surface area contributed by atoms with Gasteiger partial charge in [0.05, 0.1) is 0 Å². The summed E-state index contributed by atoms with van der Waals surface area (Å²) in [6, 6.07) is 14.8. The molecule has 0 aliphatic carbocycles. The fraction of sp³-hybridized carbons (Fsp3) is 0.167. The lowest BCUT2D eigenvalue weighted by molar-refractivity contribution is 0.820. The molecule has 0 aromatic heterocycles. The quantitative estimate of drug-likeness (QED) is 0.722. The third-order valence-electron chi connectivity index (χ3n) is 2.30. The van der Waals surface area contributed by atoms with E-state index in [2.05, 4.69) is 30.3 Å². The van der Waals surface area contributed by atoms with E-state index in [-0.39, 0.29) is 12.2 Å². The third-order valence-corrected chi connectivity index (χ3v) is 2.30. The summed E-state index contributed by atoms with van der Waals surface area (Å²) in [5.74, 6) is 0. The van der Waals surface area contributed by atoms with Crippen LogP contribution in [0, 0.1) is 0 Å². The third kappa shape index (κ3) is 1.92. The van der Waals surface area contributed by atoms with Crippen molar-refractivity contribution in [3.05, 3.63) is 48.0 Å². The molecule has 0 radical (unpaired) electrons. The molecule has 1 unspecified atom stereocenters. The van der Waals surface area contributed by atoms with Gasteiger partial charge in [0, 0.05) is 6.04 Å². The van der Waals surface area contributed by atoms with Gasteiger partial charge in [-0.15, -0.1) is 0 Å². The highest BCUT2D eigenvalue weighted by Gasteiger charge is 1.99. The summed E-state index contributed by atoms with van der Waals surface area (Å²) in [5, 5.41) is 2.53. The maximum Gasteiger partial charge on any atom is 0.0266 e. The van der Waals surface area contributed by atoms with E-state index in [0.29, 0.717) is 0 Å². The Morgan fingerprint density at radius 2 is 1.64 bits per heavy atom. The van der Waals surface area contributed by atoms with Crippen molar-refractivity contribution < 1.29 is 0 Å². The minimum Gasteiger partial charge on any atom is -0.344 e. The normalized spacial score (nSPS) is 12.1. The van der Waals surface area contributed by atoms with Gasteiger partial charge in [-0.3, -0.25) is 0 Å². The van der Waals surface area contributed by atoms with Gasteiger partial charge in [0.2, 0.25) is 0 Å². The number of hydrogen-bond donors (Lipinski definition) is 2. The lowest BCUT2D eigenvalue weighted by Crippen LogP contribution is -2.04. The molecule has 2 aromatic rings. The zero-order valence-corrected chi connectivity index (χ0v) is 8.40. The molecular formula is C12H16N2. The molecule has 74 valence electrons. The Kier molecular flexibility index (Phi) is 3.23. The molecule has 0 amide bonds. The van der Waals surface area contributed by atoms with Crippen LogP contribution in [-0.4, -0.2) is 0 Å². The van der Waals surface area contributed by atoms with E-state index in [0.717, 1.165) is 0 Å². The Balaban J connectivity index is 0.000000980. The van der Waals surface area contributed by atoms with E-state index in [1.165, 1.54) is 16.3 Å². The summed E-state index contributed by atoms with van der Waals surface area (Å²) in [5.41, 5.74) is 7.00. The molecule has 0 saturated heterocycles. The van der Waals surface area contributed by atoms with E-state index >= 15 is 0 Å². The fourth-order valence-corrected chi connectivity index (χ4v) is 1.49. The van der Waals surface area contributed by atoms with Gasteiger partial charge in [-0.25, -0.2) is 0 Å². The van der Waals surface area contributed by atoms with Crippen LogP contribution in [0.15, 0.2) is 42.5 Å². The second-order valence-electron chi connectivity index (χ2n) is 3.40. The first-order valence-corrected chi connectivity index (χ1v) is 4.51. The highest BCUT2D eigenvalue weighted by atomic mass is 14.6. The Morgan fingerprint density at radius 1 is 1.00 bits per heavy atom. The van der Waals surface area contributed by atoms with Gasteiger partial charge >= 0.3 is 0 Å². The lowest BCUT2D eigenvalue weighted by atomic mass is 10.0. The minimum atomic E-state index is 0. The smallest absolute Gasteiger partial charge is 0.0266 e. The van der Waals surface area contributed by atoms with E-state index in [1.807, 2.05) is 19.1 Å². The van der Waals surface area contributed by atoms with Crippen molar-refractivity contribution in [2.24, 2.45) is 5.73 Å². The van der Waals surface area contributed by atoms with E-state index in [4.69, 9.17) is 5.73 Å².